The molecule has 0 radical (unpaired) electrons. The molecule has 1 aromatic carbocycles. The van der Waals surface area contributed by atoms with E-state index < -0.39 is 16.3 Å². The Morgan fingerprint density at radius 1 is 1.21 bits per heavy atom. The van der Waals surface area contributed by atoms with Crippen LogP contribution in [-0.4, -0.2) is 32.7 Å². The molecule has 1 atom stereocenters. The Bertz CT molecular complexity index is 460. The zero-order valence-corrected chi connectivity index (χ0v) is 12.2. The lowest BCUT2D eigenvalue weighted by Crippen LogP contribution is -2.46. The molecule has 1 rings (SSSR count). The number of aliphatic hydroxyl groups is 1. The molecule has 0 saturated carbocycles. The molecule has 6 heteroatoms. The summed E-state index contributed by atoms with van der Waals surface area (Å²) in [6, 6.07) is 8.94. The Morgan fingerprint density at radius 2 is 1.84 bits per heavy atom. The van der Waals surface area contributed by atoms with Gasteiger partial charge in [0, 0.05) is 6.54 Å². The van der Waals surface area contributed by atoms with Crippen molar-refractivity contribution in [3.63, 3.8) is 0 Å². The minimum atomic E-state index is -3.57. The summed E-state index contributed by atoms with van der Waals surface area (Å²) in [6.07, 6.45) is 0.458. The average molecular weight is 286 g/mol. The first-order valence-electron chi connectivity index (χ1n) is 6.34. The summed E-state index contributed by atoms with van der Waals surface area (Å²) in [4.78, 5) is 0. The van der Waals surface area contributed by atoms with Crippen LogP contribution in [0, 0.1) is 5.92 Å². The lowest BCUT2D eigenvalue weighted by Gasteiger charge is -2.17. The van der Waals surface area contributed by atoms with Gasteiger partial charge in [-0.25, -0.2) is 4.72 Å². The second kappa shape index (κ2) is 7.59. The second-order valence-corrected chi connectivity index (χ2v) is 6.46. The Balaban J connectivity index is 2.56. The number of nitrogens with one attached hydrogen (secondary N) is 2. The Kier molecular flexibility index (Phi) is 6.44. The minimum Gasteiger partial charge on any atom is -0.395 e. The molecule has 19 heavy (non-hydrogen) atoms. The van der Waals surface area contributed by atoms with Crippen LogP contribution in [0.15, 0.2) is 30.3 Å². The maximum absolute atomic E-state index is 11.8. The zero-order valence-electron chi connectivity index (χ0n) is 11.3. The van der Waals surface area contributed by atoms with Gasteiger partial charge in [-0.3, -0.25) is 0 Å². The molecule has 0 amide bonds. The lowest BCUT2D eigenvalue weighted by molar-refractivity contribution is 0.255. The van der Waals surface area contributed by atoms with Crippen LogP contribution in [-0.2, 0) is 16.6 Å². The van der Waals surface area contributed by atoms with Gasteiger partial charge in [-0.05, 0) is 17.9 Å². The van der Waals surface area contributed by atoms with Crippen LogP contribution in [0.3, 0.4) is 0 Å². The van der Waals surface area contributed by atoms with E-state index in [1.807, 2.05) is 44.2 Å². The quantitative estimate of drug-likeness (QED) is 0.657. The highest BCUT2D eigenvalue weighted by atomic mass is 32.2. The number of aliphatic hydroxyl groups excluding tert-OH is 1. The van der Waals surface area contributed by atoms with Crippen molar-refractivity contribution in [2.75, 3.05) is 13.2 Å². The number of benzene rings is 1. The standard InChI is InChI=1S/C13H22N2O3S/c1-11(2)9-14-19(17,18)15-13(10-16)8-12-6-4-3-5-7-12/h3-7,11,13-16H,8-10H2,1-2H3/t13-/m0/s1. The van der Waals surface area contributed by atoms with Gasteiger partial charge in [-0.15, -0.1) is 0 Å². The highest BCUT2D eigenvalue weighted by Crippen LogP contribution is 2.03. The fourth-order valence-corrected chi connectivity index (χ4v) is 2.81. The van der Waals surface area contributed by atoms with Crippen molar-refractivity contribution in [2.24, 2.45) is 5.92 Å². The van der Waals surface area contributed by atoms with Gasteiger partial charge in [0.1, 0.15) is 0 Å². The van der Waals surface area contributed by atoms with Gasteiger partial charge in [0.2, 0.25) is 0 Å². The average Bonchev–Trinajstić information content (AvgIpc) is 2.37. The molecule has 0 heterocycles. The van der Waals surface area contributed by atoms with Crippen molar-refractivity contribution in [1.29, 1.82) is 0 Å². The molecule has 0 aliphatic heterocycles. The van der Waals surface area contributed by atoms with E-state index >= 15 is 0 Å². The first-order valence-corrected chi connectivity index (χ1v) is 7.83. The van der Waals surface area contributed by atoms with Crippen LogP contribution >= 0.6 is 0 Å². The fourth-order valence-electron chi connectivity index (χ4n) is 1.58. The van der Waals surface area contributed by atoms with Crippen LogP contribution in [0.25, 0.3) is 0 Å². The van der Waals surface area contributed by atoms with E-state index in [0.717, 1.165) is 5.56 Å². The van der Waals surface area contributed by atoms with Crippen molar-refractivity contribution < 1.29 is 13.5 Å². The van der Waals surface area contributed by atoms with Gasteiger partial charge >= 0.3 is 0 Å². The molecule has 1 aromatic rings. The van der Waals surface area contributed by atoms with E-state index in [1.54, 1.807) is 0 Å². The van der Waals surface area contributed by atoms with Gasteiger partial charge in [0.05, 0.1) is 12.6 Å². The fraction of sp³-hybridized carbons (Fsp3) is 0.538. The van der Waals surface area contributed by atoms with Gasteiger partial charge in [-0.1, -0.05) is 44.2 Å². The first kappa shape index (κ1) is 16.1. The highest BCUT2D eigenvalue weighted by molar-refractivity contribution is 7.87. The molecule has 0 fully saturated rings. The predicted octanol–water partition coefficient (Wildman–Crippen LogP) is 0.670. The number of hydrogen-bond acceptors (Lipinski definition) is 3. The predicted molar refractivity (Wildman–Crippen MR) is 75.9 cm³/mol. The summed E-state index contributed by atoms with van der Waals surface area (Å²) in [6.45, 7) is 3.99. The summed E-state index contributed by atoms with van der Waals surface area (Å²) in [7, 11) is -3.57. The molecule has 0 unspecified atom stereocenters. The molecular formula is C13H22N2O3S. The largest absolute Gasteiger partial charge is 0.395 e. The van der Waals surface area contributed by atoms with Crippen molar-refractivity contribution in [3.8, 4) is 0 Å². The molecule has 5 nitrogen and oxygen atoms in total. The Hall–Kier alpha value is -0.950. The molecule has 0 aliphatic rings. The van der Waals surface area contributed by atoms with Crippen molar-refractivity contribution >= 4 is 10.2 Å². The number of hydrogen-bond donors (Lipinski definition) is 3. The Labute approximate surface area is 115 Å². The SMILES string of the molecule is CC(C)CNS(=O)(=O)N[C@H](CO)Cc1ccccc1. The van der Waals surface area contributed by atoms with Crippen LogP contribution in [0.2, 0.25) is 0 Å². The van der Waals surface area contributed by atoms with Crippen LogP contribution in [0.5, 0.6) is 0 Å². The van der Waals surface area contributed by atoms with Gasteiger partial charge < -0.3 is 5.11 Å². The third-order valence-corrected chi connectivity index (χ3v) is 3.74. The van der Waals surface area contributed by atoms with E-state index in [4.69, 9.17) is 0 Å². The normalized spacial score (nSPS) is 13.7. The van der Waals surface area contributed by atoms with E-state index in [-0.39, 0.29) is 12.5 Å². The molecule has 0 spiro atoms. The third kappa shape index (κ3) is 6.68. The van der Waals surface area contributed by atoms with Gasteiger partial charge in [0.25, 0.3) is 10.2 Å². The maximum atomic E-state index is 11.8. The molecule has 0 aromatic heterocycles. The zero-order chi connectivity index (χ0) is 14.3. The van der Waals surface area contributed by atoms with Crippen molar-refractivity contribution in [3.05, 3.63) is 35.9 Å². The monoisotopic (exact) mass is 286 g/mol. The summed E-state index contributed by atoms with van der Waals surface area (Å²) in [5.41, 5.74) is 0.980. The van der Waals surface area contributed by atoms with Crippen LogP contribution in [0.1, 0.15) is 19.4 Å². The molecule has 0 saturated heterocycles. The summed E-state index contributed by atoms with van der Waals surface area (Å²) < 4.78 is 28.4. The number of rotatable bonds is 8. The van der Waals surface area contributed by atoms with Crippen LogP contribution < -0.4 is 9.44 Å². The molecule has 0 aliphatic carbocycles. The maximum Gasteiger partial charge on any atom is 0.277 e. The summed E-state index contributed by atoms with van der Waals surface area (Å²) >= 11 is 0. The molecular weight excluding hydrogens is 264 g/mol. The first-order chi connectivity index (χ1) is 8.93. The third-order valence-electron chi connectivity index (χ3n) is 2.55. The minimum absolute atomic E-state index is 0.235. The van der Waals surface area contributed by atoms with Gasteiger partial charge in [0.15, 0.2) is 0 Å². The molecule has 3 N–H and O–H groups in total. The summed E-state index contributed by atoms with van der Waals surface area (Å²) in [5, 5.41) is 9.27. The molecule has 0 bridgehead atoms. The topological polar surface area (TPSA) is 78.4 Å². The van der Waals surface area contributed by atoms with E-state index in [1.165, 1.54) is 0 Å². The lowest BCUT2D eigenvalue weighted by atomic mass is 10.1. The van der Waals surface area contributed by atoms with Crippen molar-refractivity contribution in [1.82, 2.24) is 9.44 Å². The van der Waals surface area contributed by atoms with E-state index in [2.05, 4.69) is 9.44 Å². The Morgan fingerprint density at radius 3 is 2.37 bits per heavy atom. The van der Waals surface area contributed by atoms with Gasteiger partial charge in [-0.2, -0.15) is 13.1 Å². The van der Waals surface area contributed by atoms with Crippen molar-refractivity contribution in [2.45, 2.75) is 26.3 Å². The smallest absolute Gasteiger partial charge is 0.277 e. The van der Waals surface area contributed by atoms with Crippen LogP contribution in [0.4, 0.5) is 0 Å². The van der Waals surface area contributed by atoms with E-state index in [9.17, 15) is 13.5 Å². The second-order valence-electron chi connectivity index (χ2n) is 4.93. The van der Waals surface area contributed by atoms with E-state index in [0.29, 0.717) is 13.0 Å². The highest BCUT2D eigenvalue weighted by Gasteiger charge is 2.17. The summed E-state index contributed by atoms with van der Waals surface area (Å²) in [5.74, 6) is 0.235. The molecule has 108 valence electrons.